The van der Waals surface area contributed by atoms with Gasteiger partial charge in [-0.2, -0.15) is 0 Å². The van der Waals surface area contributed by atoms with Crippen LogP contribution >= 0.6 is 0 Å². The molecule has 2 amide bonds. The van der Waals surface area contributed by atoms with E-state index >= 15 is 0 Å². The number of anilines is 1. The number of ether oxygens (including phenoxy) is 1. The van der Waals surface area contributed by atoms with Gasteiger partial charge in [0.2, 0.25) is 0 Å². The Kier molecular flexibility index (Phi) is 6.37. The van der Waals surface area contributed by atoms with Crippen molar-refractivity contribution < 1.29 is 13.7 Å². The van der Waals surface area contributed by atoms with Crippen molar-refractivity contribution in [3.05, 3.63) is 48.5 Å². The number of nitrogens with one attached hydrogen (secondary N) is 2. The Balaban J connectivity index is 2.10. The number of carbonyl (C=O) groups is 1. The number of hydrogen-bond acceptors (Lipinski definition) is 3. The Morgan fingerprint density at radius 3 is 2.67 bits per heavy atom. The molecule has 0 radical (unpaired) electrons. The summed E-state index contributed by atoms with van der Waals surface area (Å²) in [7, 11) is 0.685. The van der Waals surface area contributed by atoms with E-state index in [1.165, 1.54) is 0 Å². The van der Waals surface area contributed by atoms with E-state index in [0.29, 0.717) is 11.4 Å². The molecule has 5 nitrogen and oxygen atoms in total. The third kappa shape index (κ3) is 5.09. The van der Waals surface area contributed by atoms with Crippen molar-refractivity contribution in [2.45, 2.75) is 13.0 Å². The fourth-order valence-corrected chi connectivity index (χ4v) is 3.22. The monoisotopic (exact) mass is 346 g/mol. The molecule has 2 aromatic rings. The van der Waals surface area contributed by atoms with E-state index in [9.17, 15) is 9.00 Å². The molecule has 128 valence electrons. The molecule has 0 aromatic heterocycles. The number of methoxy groups -OCH3 is 1. The molecule has 2 atom stereocenters. The van der Waals surface area contributed by atoms with E-state index in [1.807, 2.05) is 55.5 Å². The average molecular weight is 346 g/mol. The molecule has 0 spiro atoms. The highest BCUT2D eigenvalue weighted by atomic mass is 32.2. The molecule has 0 saturated heterocycles. The van der Waals surface area contributed by atoms with Gasteiger partial charge < -0.3 is 15.4 Å². The maximum Gasteiger partial charge on any atom is 0.319 e. The molecule has 0 bridgehead atoms. The second-order valence-corrected chi connectivity index (χ2v) is 7.00. The molecular formula is C18H22N2O3S. The van der Waals surface area contributed by atoms with Gasteiger partial charge in [0.25, 0.3) is 0 Å². The van der Waals surface area contributed by atoms with Crippen molar-refractivity contribution in [1.82, 2.24) is 5.32 Å². The van der Waals surface area contributed by atoms with E-state index in [2.05, 4.69) is 10.6 Å². The van der Waals surface area contributed by atoms with E-state index in [0.717, 1.165) is 16.9 Å². The maximum atomic E-state index is 12.0. The number of carbonyl (C=O) groups excluding carboxylic acids is 1. The summed E-state index contributed by atoms with van der Waals surface area (Å²) in [6.07, 6.45) is 1.62. The van der Waals surface area contributed by atoms with Crippen molar-refractivity contribution in [3.63, 3.8) is 0 Å². The van der Waals surface area contributed by atoms with Crippen LogP contribution in [0.2, 0.25) is 0 Å². The van der Waals surface area contributed by atoms with Gasteiger partial charge in [0.15, 0.2) is 0 Å². The van der Waals surface area contributed by atoms with Gasteiger partial charge >= 0.3 is 6.03 Å². The van der Waals surface area contributed by atoms with E-state index in [4.69, 9.17) is 4.74 Å². The molecule has 0 fully saturated rings. The minimum absolute atomic E-state index is 0.159. The van der Waals surface area contributed by atoms with E-state index < -0.39 is 10.8 Å². The topological polar surface area (TPSA) is 67.4 Å². The minimum Gasteiger partial charge on any atom is -0.496 e. The summed E-state index contributed by atoms with van der Waals surface area (Å²) >= 11 is 0. The predicted molar refractivity (Wildman–Crippen MR) is 99.0 cm³/mol. The van der Waals surface area contributed by atoms with Crippen LogP contribution in [0.5, 0.6) is 5.75 Å². The van der Waals surface area contributed by atoms with E-state index in [1.54, 1.807) is 13.4 Å². The highest BCUT2D eigenvalue weighted by Crippen LogP contribution is 2.30. The van der Waals surface area contributed by atoms with Gasteiger partial charge in [-0.15, -0.1) is 0 Å². The molecule has 0 heterocycles. The average Bonchev–Trinajstić information content (AvgIpc) is 2.54. The van der Waals surface area contributed by atoms with Crippen LogP contribution < -0.4 is 15.4 Å². The van der Waals surface area contributed by atoms with Gasteiger partial charge in [-0.1, -0.05) is 30.3 Å². The van der Waals surface area contributed by atoms with Crippen LogP contribution in [0.4, 0.5) is 10.5 Å². The quantitative estimate of drug-likeness (QED) is 0.844. The summed E-state index contributed by atoms with van der Waals surface area (Å²) in [4.78, 5) is 12.0. The Morgan fingerprint density at radius 2 is 1.96 bits per heavy atom. The van der Waals surface area contributed by atoms with Crippen LogP contribution in [0.1, 0.15) is 6.92 Å². The fourth-order valence-electron chi connectivity index (χ4n) is 2.43. The van der Waals surface area contributed by atoms with Crippen LogP contribution in [0.15, 0.2) is 48.5 Å². The van der Waals surface area contributed by atoms with Crippen molar-refractivity contribution in [2.75, 3.05) is 24.4 Å². The maximum absolute atomic E-state index is 12.0. The second kappa shape index (κ2) is 8.49. The van der Waals surface area contributed by atoms with Gasteiger partial charge in [0, 0.05) is 40.1 Å². The molecule has 0 unspecified atom stereocenters. The lowest BCUT2D eigenvalue weighted by Gasteiger charge is -2.14. The molecule has 6 heteroatoms. The first kappa shape index (κ1) is 18.0. The van der Waals surface area contributed by atoms with Gasteiger partial charge in [0.1, 0.15) is 5.75 Å². The summed E-state index contributed by atoms with van der Waals surface area (Å²) in [5, 5.41) is 5.58. The Bertz CT molecular complexity index is 734. The van der Waals surface area contributed by atoms with Gasteiger partial charge in [-0.25, -0.2) is 4.79 Å². The third-order valence-electron chi connectivity index (χ3n) is 3.40. The standard InChI is InChI=1S/C18H22N2O3S/c1-13(12-24(3)22)19-18(21)20-15-8-6-7-14(11-15)16-9-4-5-10-17(16)23-2/h4-11,13H,12H2,1-3H3,(H2,19,20,21)/t13-,24+/m0/s1. The number of rotatable bonds is 6. The minimum atomic E-state index is -0.947. The Labute approximate surface area is 144 Å². The van der Waals surface area contributed by atoms with Crippen LogP contribution in [-0.4, -0.2) is 35.4 Å². The van der Waals surface area contributed by atoms with Gasteiger partial charge in [-0.05, 0) is 30.7 Å². The molecule has 0 saturated carbocycles. The van der Waals surface area contributed by atoms with Crippen molar-refractivity contribution in [1.29, 1.82) is 0 Å². The lowest BCUT2D eigenvalue weighted by atomic mass is 10.0. The number of amides is 2. The summed E-state index contributed by atoms with van der Waals surface area (Å²) in [5.41, 5.74) is 2.59. The normalized spacial score (nSPS) is 13.0. The van der Waals surface area contributed by atoms with Gasteiger partial charge in [0.05, 0.1) is 7.11 Å². The molecule has 2 N–H and O–H groups in total. The fraction of sp³-hybridized carbons (Fsp3) is 0.278. The molecule has 24 heavy (non-hydrogen) atoms. The number of benzene rings is 2. The van der Waals surface area contributed by atoms with Crippen molar-refractivity contribution in [3.8, 4) is 16.9 Å². The third-order valence-corrected chi connectivity index (χ3v) is 4.37. The van der Waals surface area contributed by atoms with Crippen molar-refractivity contribution >= 4 is 22.5 Å². The highest BCUT2D eigenvalue weighted by Gasteiger charge is 2.10. The van der Waals surface area contributed by atoms with Crippen LogP contribution in [-0.2, 0) is 10.8 Å². The van der Waals surface area contributed by atoms with E-state index in [-0.39, 0.29) is 12.1 Å². The number of hydrogen-bond donors (Lipinski definition) is 2. The van der Waals surface area contributed by atoms with Crippen LogP contribution in [0.3, 0.4) is 0 Å². The van der Waals surface area contributed by atoms with Crippen LogP contribution in [0.25, 0.3) is 11.1 Å². The largest absolute Gasteiger partial charge is 0.496 e. The summed E-state index contributed by atoms with van der Waals surface area (Å²) < 4.78 is 16.6. The lowest BCUT2D eigenvalue weighted by Crippen LogP contribution is -2.39. The zero-order chi connectivity index (χ0) is 17.5. The number of urea groups is 1. The Morgan fingerprint density at radius 1 is 1.21 bits per heavy atom. The first-order valence-corrected chi connectivity index (χ1v) is 9.33. The lowest BCUT2D eigenvalue weighted by molar-refractivity contribution is 0.250. The summed E-state index contributed by atoms with van der Waals surface area (Å²) in [6.45, 7) is 1.83. The molecule has 0 aliphatic rings. The zero-order valence-electron chi connectivity index (χ0n) is 14.0. The highest BCUT2D eigenvalue weighted by molar-refractivity contribution is 7.84. The molecule has 2 aromatic carbocycles. The predicted octanol–water partition coefficient (Wildman–Crippen LogP) is 3.25. The Hall–Kier alpha value is -2.34. The van der Waals surface area contributed by atoms with Gasteiger partial charge in [-0.3, -0.25) is 4.21 Å². The zero-order valence-corrected chi connectivity index (χ0v) is 14.9. The molecular weight excluding hydrogens is 324 g/mol. The molecule has 2 rings (SSSR count). The molecule has 0 aliphatic heterocycles. The SMILES string of the molecule is COc1ccccc1-c1cccc(NC(=O)N[C@@H](C)C[S@@](C)=O)c1. The summed E-state index contributed by atoms with van der Waals surface area (Å²) in [6, 6.07) is 14.8. The first-order chi connectivity index (χ1) is 11.5. The number of para-hydroxylation sites is 1. The smallest absolute Gasteiger partial charge is 0.319 e. The molecule has 0 aliphatic carbocycles. The van der Waals surface area contributed by atoms with Crippen molar-refractivity contribution in [2.24, 2.45) is 0 Å². The summed E-state index contributed by atoms with van der Waals surface area (Å²) in [5.74, 6) is 1.20. The van der Waals surface area contributed by atoms with Crippen LogP contribution in [0, 0.1) is 0 Å². The first-order valence-electron chi connectivity index (χ1n) is 7.60. The second-order valence-electron chi connectivity index (χ2n) is 5.52.